The van der Waals surface area contributed by atoms with E-state index in [1.54, 1.807) is 11.3 Å². The van der Waals surface area contributed by atoms with Crippen molar-refractivity contribution < 1.29 is 9.22 Å². The highest BCUT2D eigenvalue weighted by Gasteiger charge is 2.36. The minimum atomic E-state index is -1.78. The van der Waals surface area contributed by atoms with Crippen molar-refractivity contribution in [2.45, 2.75) is 65.6 Å². The van der Waals surface area contributed by atoms with Crippen LogP contribution in [0.2, 0.25) is 18.1 Å². The van der Waals surface area contributed by atoms with E-state index in [0.29, 0.717) is 18.7 Å². The van der Waals surface area contributed by atoms with Gasteiger partial charge in [0.05, 0.1) is 16.3 Å². The lowest BCUT2D eigenvalue weighted by molar-refractivity contribution is 0.0967. The number of carbonyl (C=O) groups excluding carboxylic acids is 1. The van der Waals surface area contributed by atoms with Crippen molar-refractivity contribution in [3.05, 3.63) is 58.6 Å². The van der Waals surface area contributed by atoms with E-state index in [-0.39, 0.29) is 10.8 Å². The molecule has 2 heterocycles. The molecular weight excluding hydrogens is 420 g/mol. The lowest BCUT2D eigenvalue weighted by Gasteiger charge is -2.36. The van der Waals surface area contributed by atoms with E-state index in [1.807, 2.05) is 22.9 Å². The first-order valence-electron chi connectivity index (χ1n) is 10.9. The van der Waals surface area contributed by atoms with Crippen LogP contribution in [0.1, 0.15) is 55.2 Å². The van der Waals surface area contributed by atoms with Crippen LogP contribution in [0.4, 0.5) is 0 Å². The van der Waals surface area contributed by atoms with E-state index in [2.05, 4.69) is 71.3 Å². The predicted octanol–water partition coefficient (Wildman–Crippen LogP) is 7.20. The maximum absolute atomic E-state index is 12.9. The first-order valence-corrected chi connectivity index (χ1v) is 14.7. The summed E-state index contributed by atoms with van der Waals surface area (Å²) in [6.45, 7) is 16.0. The van der Waals surface area contributed by atoms with Crippen LogP contribution >= 0.6 is 11.3 Å². The Balaban J connectivity index is 1.77. The van der Waals surface area contributed by atoms with Gasteiger partial charge in [0.25, 0.3) is 0 Å². The van der Waals surface area contributed by atoms with Gasteiger partial charge in [-0.25, -0.2) is 4.68 Å². The highest BCUT2D eigenvalue weighted by atomic mass is 32.1. The zero-order chi connectivity index (χ0) is 22.8. The first-order chi connectivity index (χ1) is 14.5. The van der Waals surface area contributed by atoms with Crippen molar-refractivity contribution in [2.24, 2.45) is 0 Å². The number of carbonyl (C=O) groups is 1. The Morgan fingerprint density at radius 3 is 2.35 bits per heavy atom. The number of hydrogen-bond acceptors (Lipinski definition) is 4. The van der Waals surface area contributed by atoms with E-state index in [0.717, 1.165) is 22.7 Å². The fraction of sp³-hybridized carbons (Fsp3) is 0.440. The van der Waals surface area contributed by atoms with Crippen LogP contribution in [0.3, 0.4) is 0 Å². The third kappa shape index (κ3) is 5.62. The molecule has 1 aromatic carbocycles. The summed E-state index contributed by atoms with van der Waals surface area (Å²) < 4.78 is 8.12. The molecule has 0 unspecified atom stereocenters. The average molecular weight is 455 g/mol. The molecule has 0 saturated heterocycles. The van der Waals surface area contributed by atoms with E-state index in [4.69, 9.17) is 9.52 Å². The molecule has 4 nitrogen and oxygen atoms in total. The van der Waals surface area contributed by atoms with E-state index < -0.39 is 8.32 Å². The van der Waals surface area contributed by atoms with Gasteiger partial charge in [-0.3, -0.25) is 4.79 Å². The summed E-state index contributed by atoms with van der Waals surface area (Å²) in [4.78, 5) is 14.1. The summed E-state index contributed by atoms with van der Waals surface area (Å²) in [6.07, 6.45) is 1.17. The van der Waals surface area contributed by atoms with Crippen LogP contribution in [0.15, 0.2) is 41.8 Å². The molecule has 6 heteroatoms. The Morgan fingerprint density at radius 2 is 1.77 bits per heavy atom. The van der Waals surface area contributed by atoms with Gasteiger partial charge in [0, 0.05) is 13.0 Å². The molecule has 0 spiro atoms. The van der Waals surface area contributed by atoms with Crippen LogP contribution in [-0.2, 0) is 4.43 Å². The van der Waals surface area contributed by atoms with Gasteiger partial charge in [0.2, 0.25) is 0 Å². The quantitative estimate of drug-likeness (QED) is 0.205. The van der Waals surface area contributed by atoms with Gasteiger partial charge in [-0.05, 0) is 73.6 Å². The Hall–Kier alpha value is -2.02. The van der Waals surface area contributed by atoms with E-state index >= 15 is 0 Å². The topological polar surface area (TPSA) is 44.1 Å². The number of aromatic nitrogens is 2. The van der Waals surface area contributed by atoms with Gasteiger partial charge < -0.3 is 4.43 Å². The number of rotatable bonds is 8. The standard InChI is InChI=1S/C25H34N2O2SSi/c1-18-10-12-20(13-11-18)27-22(24-15-19(2)17-30-24)16-21(26-27)23(28)9-8-14-29-31(6,7)25(3,4)5/h10-13,15-17H,8-9,14H2,1-7H3. The summed E-state index contributed by atoms with van der Waals surface area (Å²) in [7, 11) is -1.78. The number of hydrogen-bond donors (Lipinski definition) is 0. The molecule has 0 bridgehead atoms. The number of thiophene rings is 1. The smallest absolute Gasteiger partial charge is 0.191 e. The van der Waals surface area contributed by atoms with E-state index in [9.17, 15) is 4.79 Å². The molecular formula is C25H34N2O2SSi. The second-order valence-electron chi connectivity index (χ2n) is 9.79. The summed E-state index contributed by atoms with van der Waals surface area (Å²) in [6, 6.07) is 12.3. The SMILES string of the molecule is Cc1ccc(-n2nc(C(=O)CCCO[Si](C)(C)C(C)(C)C)cc2-c2cc(C)cs2)cc1. The molecule has 0 radical (unpaired) electrons. The zero-order valence-electron chi connectivity index (χ0n) is 19.8. The normalized spacial score (nSPS) is 12.4. The van der Waals surface area contributed by atoms with E-state index in [1.165, 1.54) is 11.1 Å². The van der Waals surface area contributed by atoms with Crippen LogP contribution in [0.25, 0.3) is 16.3 Å². The molecule has 0 aliphatic rings. The molecule has 0 aliphatic carbocycles. The van der Waals surface area contributed by atoms with Crippen molar-refractivity contribution in [1.82, 2.24) is 9.78 Å². The molecule has 3 aromatic rings. The predicted molar refractivity (Wildman–Crippen MR) is 133 cm³/mol. The summed E-state index contributed by atoms with van der Waals surface area (Å²) in [5.41, 5.74) is 4.86. The molecule has 0 N–H and O–H groups in total. The molecule has 0 atom stereocenters. The first kappa shape index (κ1) is 23.6. The summed E-state index contributed by atoms with van der Waals surface area (Å²) >= 11 is 1.68. The van der Waals surface area contributed by atoms with Crippen molar-refractivity contribution in [1.29, 1.82) is 0 Å². The van der Waals surface area contributed by atoms with Crippen LogP contribution in [0, 0.1) is 13.8 Å². The van der Waals surface area contributed by atoms with Crippen LogP contribution < -0.4 is 0 Å². The minimum Gasteiger partial charge on any atom is -0.417 e. The fourth-order valence-electron chi connectivity index (χ4n) is 3.05. The maximum atomic E-state index is 12.9. The third-order valence-corrected chi connectivity index (χ3v) is 11.7. The maximum Gasteiger partial charge on any atom is 0.191 e. The molecule has 0 saturated carbocycles. The Bertz CT molecular complexity index is 1040. The number of ketones is 1. The van der Waals surface area contributed by atoms with Crippen LogP contribution in [-0.4, -0.2) is 30.5 Å². The lowest BCUT2D eigenvalue weighted by Crippen LogP contribution is -2.41. The number of Topliss-reactive ketones (excluding diaryl/α,β-unsaturated/α-hetero) is 1. The number of benzene rings is 1. The third-order valence-electron chi connectivity index (χ3n) is 6.07. The Labute approximate surface area is 191 Å². The second kappa shape index (κ2) is 9.23. The highest BCUT2D eigenvalue weighted by molar-refractivity contribution is 7.13. The summed E-state index contributed by atoms with van der Waals surface area (Å²) in [5.74, 6) is 0.0687. The lowest BCUT2D eigenvalue weighted by atomic mass is 10.1. The molecule has 0 aliphatic heterocycles. The van der Waals surface area contributed by atoms with Crippen molar-refractivity contribution in [3.63, 3.8) is 0 Å². The zero-order valence-corrected chi connectivity index (χ0v) is 21.6. The van der Waals surface area contributed by atoms with Crippen molar-refractivity contribution >= 4 is 25.4 Å². The van der Waals surface area contributed by atoms with Gasteiger partial charge in [0.1, 0.15) is 5.69 Å². The van der Waals surface area contributed by atoms with Gasteiger partial charge in [0.15, 0.2) is 14.1 Å². The molecule has 0 fully saturated rings. The second-order valence-corrected chi connectivity index (χ2v) is 15.5. The van der Waals surface area contributed by atoms with Gasteiger partial charge in [-0.2, -0.15) is 5.10 Å². The van der Waals surface area contributed by atoms with Gasteiger partial charge >= 0.3 is 0 Å². The molecule has 3 rings (SSSR count). The van der Waals surface area contributed by atoms with Crippen molar-refractivity contribution in [2.75, 3.05) is 6.61 Å². The number of nitrogens with zero attached hydrogens (tertiary/aromatic N) is 2. The summed E-state index contributed by atoms with van der Waals surface area (Å²) in [5, 5.41) is 7.01. The molecule has 2 aromatic heterocycles. The van der Waals surface area contributed by atoms with Crippen molar-refractivity contribution in [3.8, 4) is 16.3 Å². The fourth-order valence-corrected chi connectivity index (χ4v) is 5.03. The largest absolute Gasteiger partial charge is 0.417 e. The molecule has 31 heavy (non-hydrogen) atoms. The molecule has 0 amide bonds. The highest BCUT2D eigenvalue weighted by Crippen LogP contribution is 2.36. The monoisotopic (exact) mass is 454 g/mol. The minimum absolute atomic E-state index is 0.0687. The Kier molecular flexibility index (Phi) is 7.03. The van der Waals surface area contributed by atoms with Gasteiger partial charge in [-0.1, -0.05) is 38.5 Å². The van der Waals surface area contributed by atoms with Gasteiger partial charge in [-0.15, -0.1) is 11.3 Å². The average Bonchev–Trinajstić information content (AvgIpc) is 3.31. The number of aryl methyl sites for hydroxylation is 2. The Morgan fingerprint density at radius 1 is 1.10 bits per heavy atom. The van der Waals surface area contributed by atoms with Crippen LogP contribution in [0.5, 0.6) is 0 Å². The molecule has 166 valence electrons.